The number of aromatic nitrogens is 2. The van der Waals surface area contributed by atoms with Crippen LogP contribution in [0.4, 0.5) is 5.69 Å². The van der Waals surface area contributed by atoms with Crippen LogP contribution in [0.15, 0.2) is 65.5 Å². The summed E-state index contributed by atoms with van der Waals surface area (Å²) in [5, 5.41) is 9.70. The van der Waals surface area contributed by atoms with Crippen LogP contribution in [0.3, 0.4) is 0 Å². The molecule has 33 heavy (non-hydrogen) atoms. The lowest BCUT2D eigenvalue weighted by atomic mass is 10.1. The van der Waals surface area contributed by atoms with Gasteiger partial charge in [-0.3, -0.25) is 14.4 Å². The Morgan fingerprint density at radius 2 is 1.61 bits per heavy atom. The number of carbonyl (C=O) groups is 2. The van der Waals surface area contributed by atoms with Gasteiger partial charge in [-0.15, -0.1) is 0 Å². The van der Waals surface area contributed by atoms with Crippen LogP contribution in [0.1, 0.15) is 13.8 Å². The number of amides is 2. The van der Waals surface area contributed by atoms with Crippen molar-refractivity contribution in [1.82, 2.24) is 15.1 Å². The Kier molecular flexibility index (Phi) is 8.18. The minimum atomic E-state index is -0.382. The van der Waals surface area contributed by atoms with Gasteiger partial charge < -0.3 is 20.1 Å². The summed E-state index contributed by atoms with van der Waals surface area (Å²) in [4.78, 5) is 35.5. The van der Waals surface area contributed by atoms with E-state index < -0.39 is 0 Å². The Bertz CT molecular complexity index is 1140. The predicted molar refractivity (Wildman–Crippen MR) is 124 cm³/mol. The maximum absolute atomic E-state index is 12.5. The number of hydrogen-bond acceptors (Lipinski definition) is 6. The zero-order chi connectivity index (χ0) is 23.6. The molecule has 2 N–H and O–H groups in total. The SMILES string of the molecule is CCOc1ccc(-c2ccc(=O)n(CC(=O)Nc3ccc(OCCNC(C)=O)cc3)n2)cc1. The Labute approximate surface area is 191 Å². The highest BCUT2D eigenvalue weighted by molar-refractivity contribution is 5.90. The van der Waals surface area contributed by atoms with Crippen molar-refractivity contribution in [3.8, 4) is 22.8 Å². The van der Waals surface area contributed by atoms with Gasteiger partial charge in [0.05, 0.1) is 18.8 Å². The lowest BCUT2D eigenvalue weighted by molar-refractivity contribution is -0.119. The zero-order valence-corrected chi connectivity index (χ0v) is 18.5. The van der Waals surface area contributed by atoms with Gasteiger partial charge in [0.25, 0.3) is 5.56 Å². The van der Waals surface area contributed by atoms with Gasteiger partial charge in [-0.1, -0.05) is 0 Å². The van der Waals surface area contributed by atoms with E-state index in [9.17, 15) is 14.4 Å². The summed E-state index contributed by atoms with van der Waals surface area (Å²) >= 11 is 0. The highest BCUT2D eigenvalue weighted by atomic mass is 16.5. The average Bonchev–Trinajstić information content (AvgIpc) is 2.80. The maximum Gasteiger partial charge on any atom is 0.267 e. The molecule has 0 spiro atoms. The van der Waals surface area contributed by atoms with Crippen molar-refractivity contribution in [3.05, 3.63) is 71.0 Å². The Morgan fingerprint density at radius 3 is 2.27 bits per heavy atom. The minimum absolute atomic E-state index is 0.115. The van der Waals surface area contributed by atoms with Gasteiger partial charge in [-0.2, -0.15) is 5.10 Å². The first kappa shape index (κ1) is 23.5. The van der Waals surface area contributed by atoms with Crippen molar-refractivity contribution in [2.75, 3.05) is 25.1 Å². The molecule has 0 saturated heterocycles. The molecule has 0 aliphatic carbocycles. The van der Waals surface area contributed by atoms with Crippen LogP contribution in [-0.4, -0.2) is 41.4 Å². The topological polar surface area (TPSA) is 112 Å². The first-order valence-electron chi connectivity index (χ1n) is 10.5. The summed E-state index contributed by atoms with van der Waals surface area (Å²) in [6, 6.07) is 17.2. The molecule has 3 aromatic rings. The second kappa shape index (κ2) is 11.5. The molecule has 0 bridgehead atoms. The molecular weight excluding hydrogens is 424 g/mol. The zero-order valence-electron chi connectivity index (χ0n) is 18.5. The van der Waals surface area contributed by atoms with E-state index in [0.717, 1.165) is 16.0 Å². The number of nitrogens with zero attached hydrogens (tertiary/aromatic N) is 2. The van der Waals surface area contributed by atoms with E-state index >= 15 is 0 Å². The van der Waals surface area contributed by atoms with E-state index in [0.29, 0.717) is 36.9 Å². The molecule has 1 heterocycles. The number of anilines is 1. The second-order valence-corrected chi connectivity index (χ2v) is 7.08. The number of rotatable bonds is 10. The molecule has 0 saturated carbocycles. The summed E-state index contributed by atoms with van der Waals surface area (Å²) in [5.74, 6) is 0.862. The van der Waals surface area contributed by atoms with Crippen molar-refractivity contribution in [2.24, 2.45) is 0 Å². The van der Waals surface area contributed by atoms with Crippen molar-refractivity contribution in [1.29, 1.82) is 0 Å². The van der Waals surface area contributed by atoms with Crippen molar-refractivity contribution < 1.29 is 19.1 Å². The molecule has 0 atom stereocenters. The van der Waals surface area contributed by atoms with Crippen LogP contribution in [0, 0.1) is 0 Å². The number of carbonyl (C=O) groups excluding carboxylic acids is 2. The molecule has 172 valence electrons. The average molecular weight is 450 g/mol. The molecule has 9 heteroatoms. The summed E-state index contributed by atoms with van der Waals surface area (Å²) in [6.45, 7) is 4.45. The van der Waals surface area contributed by atoms with Gasteiger partial charge in [-0.05, 0) is 61.5 Å². The molecule has 0 fully saturated rings. The number of nitrogens with one attached hydrogen (secondary N) is 2. The normalized spacial score (nSPS) is 10.4. The fourth-order valence-electron chi connectivity index (χ4n) is 2.97. The van der Waals surface area contributed by atoms with Crippen LogP contribution in [0.25, 0.3) is 11.3 Å². The molecule has 0 unspecified atom stereocenters. The van der Waals surface area contributed by atoms with Crippen LogP contribution in [0.5, 0.6) is 11.5 Å². The first-order valence-corrected chi connectivity index (χ1v) is 10.5. The molecule has 1 aromatic heterocycles. The molecule has 0 aliphatic heterocycles. The fraction of sp³-hybridized carbons (Fsp3) is 0.250. The molecular formula is C24H26N4O5. The molecule has 9 nitrogen and oxygen atoms in total. The largest absolute Gasteiger partial charge is 0.494 e. The van der Waals surface area contributed by atoms with E-state index in [1.165, 1.54) is 13.0 Å². The van der Waals surface area contributed by atoms with Crippen LogP contribution in [-0.2, 0) is 16.1 Å². The van der Waals surface area contributed by atoms with Crippen molar-refractivity contribution >= 4 is 17.5 Å². The Hall–Kier alpha value is -4.14. The minimum Gasteiger partial charge on any atom is -0.494 e. The molecule has 0 aliphatic rings. The lowest BCUT2D eigenvalue weighted by Crippen LogP contribution is -2.29. The fourth-order valence-corrected chi connectivity index (χ4v) is 2.97. The standard InChI is InChI=1S/C24H26N4O5/c1-3-32-20-8-4-18(5-9-20)22-12-13-24(31)28(27-22)16-23(30)26-19-6-10-21(11-7-19)33-15-14-25-17(2)29/h4-13H,3,14-16H2,1-2H3,(H,25,29)(H,26,30). The lowest BCUT2D eigenvalue weighted by Gasteiger charge is -2.10. The summed E-state index contributed by atoms with van der Waals surface area (Å²) < 4.78 is 12.1. The van der Waals surface area contributed by atoms with Gasteiger partial charge in [-0.25, -0.2) is 4.68 Å². The van der Waals surface area contributed by atoms with E-state index in [1.807, 2.05) is 31.2 Å². The first-order chi connectivity index (χ1) is 15.9. The second-order valence-electron chi connectivity index (χ2n) is 7.08. The highest BCUT2D eigenvalue weighted by Crippen LogP contribution is 2.20. The number of ether oxygens (including phenoxy) is 2. The third-order valence-corrected chi connectivity index (χ3v) is 4.50. The third-order valence-electron chi connectivity index (χ3n) is 4.50. The van der Waals surface area contributed by atoms with E-state index in [-0.39, 0.29) is 23.9 Å². The van der Waals surface area contributed by atoms with E-state index in [2.05, 4.69) is 15.7 Å². The predicted octanol–water partition coefficient (Wildman–Crippen LogP) is 2.46. The monoisotopic (exact) mass is 450 g/mol. The molecule has 0 radical (unpaired) electrons. The van der Waals surface area contributed by atoms with E-state index in [4.69, 9.17) is 9.47 Å². The molecule has 2 aromatic carbocycles. The van der Waals surface area contributed by atoms with E-state index in [1.54, 1.807) is 30.3 Å². The van der Waals surface area contributed by atoms with Gasteiger partial charge in [0.15, 0.2) is 0 Å². The smallest absolute Gasteiger partial charge is 0.267 e. The van der Waals surface area contributed by atoms with Crippen molar-refractivity contribution in [3.63, 3.8) is 0 Å². The summed E-state index contributed by atoms with van der Waals surface area (Å²) in [7, 11) is 0. The molecule has 3 rings (SSSR count). The maximum atomic E-state index is 12.5. The quantitative estimate of drug-likeness (QED) is 0.459. The van der Waals surface area contributed by atoms with Crippen molar-refractivity contribution in [2.45, 2.75) is 20.4 Å². The number of benzene rings is 2. The highest BCUT2D eigenvalue weighted by Gasteiger charge is 2.09. The third kappa shape index (κ3) is 7.20. The summed E-state index contributed by atoms with van der Waals surface area (Å²) in [6.07, 6.45) is 0. The Morgan fingerprint density at radius 1 is 0.939 bits per heavy atom. The van der Waals surface area contributed by atoms with Gasteiger partial charge >= 0.3 is 0 Å². The van der Waals surface area contributed by atoms with Gasteiger partial charge in [0, 0.05) is 24.2 Å². The number of hydrogen-bond donors (Lipinski definition) is 2. The Balaban J connectivity index is 1.59. The summed E-state index contributed by atoms with van der Waals surface area (Å²) in [5.41, 5.74) is 1.57. The van der Waals surface area contributed by atoms with Gasteiger partial charge in [0.1, 0.15) is 24.7 Å². The molecule has 2 amide bonds. The van der Waals surface area contributed by atoms with Crippen LogP contribution >= 0.6 is 0 Å². The van der Waals surface area contributed by atoms with Gasteiger partial charge in [0.2, 0.25) is 11.8 Å². The van der Waals surface area contributed by atoms with Crippen LogP contribution in [0.2, 0.25) is 0 Å². The van der Waals surface area contributed by atoms with Crippen LogP contribution < -0.4 is 25.7 Å².